The molecule has 0 bridgehead atoms. The molecule has 110 valence electrons. The molecule has 0 unspecified atom stereocenters. The zero-order chi connectivity index (χ0) is 14.8. The van der Waals surface area contributed by atoms with Crippen LogP contribution in [0.2, 0.25) is 0 Å². The Kier molecular flexibility index (Phi) is 3.57. The normalized spacial score (nSPS) is 14.7. The van der Waals surface area contributed by atoms with Crippen LogP contribution in [0.15, 0.2) is 30.6 Å². The smallest absolute Gasteiger partial charge is 0.292 e. The Morgan fingerprint density at radius 1 is 1.43 bits per heavy atom. The van der Waals surface area contributed by atoms with Gasteiger partial charge in [-0.2, -0.15) is 0 Å². The van der Waals surface area contributed by atoms with Crippen LogP contribution in [0.5, 0.6) is 0 Å². The summed E-state index contributed by atoms with van der Waals surface area (Å²) >= 11 is 0. The summed E-state index contributed by atoms with van der Waals surface area (Å²) in [6.45, 7) is 3.29. The van der Waals surface area contributed by atoms with Gasteiger partial charge in [-0.15, -0.1) is 0 Å². The second-order valence-electron chi connectivity index (χ2n) is 5.11. The Bertz CT molecular complexity index is 667. The second-order valence-corrected chi connectivity index (χ2v) is 5.11. The summed E-state index contributed by atoms with van der Waals surface area (Å²) in [5.41, 5.74) is 1.60. The predicted molar refractivity (Wildman–Crippen MR) is 79.0 cm³/mol. The molecule has 7 heteroatoms. The van der Waals surface area contributed by atoms with Crippen LogP contribution >= 0.6 is 0 Å². The first-order valence-corrected chi connectivity index (χ1v) is 6.85. The van der Waals surface area contributed by atoms with Crippen LogP contribution in [-0.4, -0.2) is 33.0 Å². The Hall–Kier alpha value is -2.41. The fourth-order valence-electron chi connectivity index (χ4n) is 2.65. The molecule has 0 saturated carbocycles. The summed E-state index contributed by atoms with van der Waals surface area (Å²) < 4.78 is 2.14. The van der Waals surface area contributed by atoms with Gasteiger partial charge in [-0.1, -0.05) is 6.07 Å². The number of nitrogens with one attached hydrogen (secondary N) is 1. The zero-order valence-electron chi connectivity index (χ0n) is 11.8. The number of rotatable bonds is 4. The van der Waals surface area contributed by atoms with E-state index in [9.17, 15) is 10.1 Å². The van der Waals surface area contributed by atoms with Crippen molar-refractivity contribution in [1.82, 2.24) is 14.5 Å². The molecule has 0 fully saturated rings. The molecular weight excluding hydrogens is 270 g/mol. The van der Waals surface area contributed by atoms with Crippen molar-refractivity contribution < 1.29 is 4.92 Å². The second kappa shape index (κ2) is 5.53. The van der Waals surface area contributed by atoms with Crippen LogP contribution in [0.3, 0.4) is 0 Å². The highest BCUT2D eigenvalue weighted by Gasteiger charge is 2.19. The third kappa shape index (κ3) is 2.73. The molecule has 0 aliphatic carbocycles. The Morgan fingerprint density at radius 2 is 2.29 bits per heavy atom. The number of imidazole rings is 1. The van der Waals surface area contributed by atoms with Gasteiger partial charge in [0.15, 0.2) is 0 Å². The van der Waals surface area contributed by atoms with Gasteiger partial charge in [0.05, 0.1) is 11.5 Å². The van der Waals surface area contributed by atoms with Gasteiger partial charge in [0.1, 0.15) is 11.5 Å². The summed E-state index contributed by atoms with van der Waals surface area (Å²) in [5.74, 6) is 1.04. The number of fused-ring (bicyclic) bond motifs is 1. The molecule has 1 N–H and O–H groups in total. The van der Waals surface area contributed by atoms with Crippen molar-refractivity contribution in [2.45, 2.75) is 19.6 Å². The molecule has 21 heavy (non-hydrogen) atoms. The molecule has 7 nitrogen and oxygen atoms in total. The fraction of sp³-hybridized carbons (Fsp3) is 0.357. The maximum absolute atomic E-state index is 11.1. The number of nitrogens with zero attached hydrogens (tertiary/aromatic N) is 4. The standard InChI is InChI=1S/C14H17N5O2/c1-15-12-3-2-11(8-13(12)19(20)21)9-17-6-7-18-5-4-16-14(18)10-17/h2-5,8,15H,6-7,9-10H2,1H3. The van der Waals surface area contributed by atoms with Crippen molar-refractivity contribution in [3.8, 4) is 0 Å². The molecule has 2 heterocycles. The number of anilines is 1. The van der Waals surface area contributed by atoms with Gasteiger partial charge in [0.2, 0.25) is 0 Å². The third-order valence-corrected chi connectivity index (χ3v) is 3.76. The lowest BCUT2D eigenvalue weighted by Crippen LogP contribution is -2.33. The Labute approximate surface area is 122 Å². The van der Waals surface area contributed by atoms with Crippen molar-refractivity contribution in [1.29, 1.82) is 0 Å². The number of benzene rings is 1. The Balaban J connectivity index is 1.77. The lowest BCUT2D eigenvalue weighted by Gasteiger charge is -2.27. The van der Waals surface area contributed by atoms with Gasteiger partial charge in [0.25, 0.3) is 5.69 Å². The molecular formula is C14H17N5O2. The zero-order valence-corrected chi connectivity index (χ0v) is 11.8. The van der Waals surface area contributed by atoms with Crippen molar-refractivity contribution >= 4 is 11.4 Å². The maximum Gasteiger partial charge on any atom is 0.292 e. The molecule has 0 radical (unpaired) electrons. The molecule has 0 spiro atoms. The maximum atomic E-state index is 11.1. The van der Waals surface area contributed by atoms with Gasteiger partial charge < -0.3 is 9.88 Å². The van der Waals surface area contributed by atoms with E-state index in [0.717, 1.165) is 31.0 Å². The van der Waals surface area contributed by atoms with Crippen molar-refractivity contribution in [2.75, 3.05) is 18.9 Å². The number of hydrogen-bond donors (Lipinski definition) is 1. The molecule has 1 aromatic heterocycles. The number of nitro benzene ring substituents is 1. The molecule has 3 rings (SSSR count). The number of aromatic nitrogens is 2. The molecule has 2 aromatic rings. The van der Waals surface area contributed by atoms with E-state index in [1.54, 1.807) is 19.2 Å². The van der Waals surface area contributed by atoms with Crippen LogP contribution in [0, 0.1) is 10.1 Å². The quantitative estimate of drug-likeness (QED) is 0.686. The minimum atomic E-state index is -0.349. The van der Waals surface area contributed by atoms with Crippen molar-refractivity contribution in [3.05, 3.63) is 52.1 Å². The Morgan fingerprint density at radius 3 is 3.05 bits per heavy atom. The first kappa shape index (κ1) is 13.6. The minimum Gasteiger partial charge on any atom is -0.383 e. The monoisotopic (exact) mass is 287 g/mol. The van der Waals surface area contributed by atoms with E-state index in [1.807, 2.05) is 18.5 Å². The predicted octanol–water partition coefficient (Wildman–Crippen LogP) is 1.85. The summed E-state index contributed by atoms with van der Waals surface area (Å²) in [7, 11) is 1.69. The summed E-state index contributed by atoms with van der Waals surface area (Å²) in [4.78, 5) is 17.3. The molecule has 1 aliphatic rings. The van der Waals surface area contributed by atoms with Gasteiger partial charge in [-0.3, -0.25) is 15.0 Å². The number of hydrogen-bond acceptors (Lipinski definition) is 5. The van der Waals surface area contributed by atoms with E-state index < -0.39 is 0 Å². The molecule has 1 aromatic carbocycles. The van der Waals surface area contributed by atoms with E-state index in [-0.39, 0.29) is 10.6 Å². The van der Waals surface area contributed by atoms with Gasteiger partial charge >= 0.3 is 0 Å². The van der Waals surface area contributed by atoms with Crippen molar-refractivity contribution in [3.63, 3.8) is 0 Å². The van der Waals surface area contributed by atoms with E-state index in [2.05, 4.69) is 19.8 Å². The lowest BCUT2D eigenvalue weighted by atomic mass is 10.1. The summed E-state index contributed by atoms with van der Waals surface area (Å²) in [5, 5.41) is 13.9. The van der Waals surface area contributed by atoms with Crippen LogP contribution < -0.4 is 5.32 Å². The SMILES string of the molecule is CNc1ccc(CN2CCn3ccnc3C2)cc1[N+](=O)[O-]. The lowest BCUT2D eigenvalue weighted by molar-refractivity contribution is -0.384. The molecule has 1 aliphatic heterocycles. The van der Waals surface area contributed by atoms with Gasteiger partial charge in [0, 0.05) is 45.1 Å². The fourth-order valence-corrected chi connectivity index (χ4v) is 2.65. The van der Waals surface area contributed by atoms with Gasteiger partial charge in [-0.25, -0.2) is 4.98 Å². The first-order valence-electron chi connectivity index (χ1n) is 6.85. The average Bonchev–Trinajstić information content (AvgIpc) is 2.94. The number of nitro groups is 1. The van der Waals surface area contributed by atoms with E-state index in [0.29, 0.717) is 12.2 Å². The molecule has 0 amide bonds. The van der Waals surface area contributed by atoms with Gasteiger partial charge in [-0.05, 0) is 11.6 Å². The van der Waals surface area contributed by atoms with E-state index in [1.165, 1.54) is 0 Å². The topological polar surface area (TPSA) is 76.2 Å². The van der Waals surface area contributed by atoms with Crippen LogP contribution in [0.4, 0.5) is 11.4 Å². The molecule has 0 saturated heterocycles. The first-order chi connectivity index (χ1) is 10.2. The minimum absolute atomic E-state index is 0.119. The highest BCUT2D eigenvalue weighted by Crippen LogP contribution is 2.26. The van der Waals surface area contributed by atoms with Crippen molar-refractivity contribution in [2.24, 2.45) is 0 Å². The summed E-state index contributed by atoms with van der Waals surface area (Å²) in [6, 6.07) is 5.34. The third-order valence-electron chi connectivity index (χ3n) is 3.76. The summed E-state index contributed by atoms with van der Waals surface area (Å²) in [6.07, 6.45) is 3.80. The van der Waals surface area contributed by atoms with E-state index >= 15 is 0 Å². The highest BCUT2D eigenvalue weighted by atomic mass is 16.6. The average molecular weight is 287 g/mol. The largest absolute Gasteiger partial charge is 0.383 e. The van der Waals surface area contributed by atoms with Crippen LogP contribution in [0.1, 0.15) is 11.4 Å². The van der Waals surface area contributed by atoms with Crippen LogP contribution in [0.25, 0.3) is 0 Å². The van der Waals surface area contributed by atoms with E-state index in [4.69, 9.17) is 0 Å². The highest BCUT2D eigenvalue weighted by molar-refractivity contribution is 5.62. The van der Waals surface area contributed by atoms with Crippen LogP contribution in [-0.2, 0) is 19.6 Å². The molecule has 0 atom stereocenters.